The number of rotatable bonds is 8. The third-order valence-electron chi connectivity index (χ3n) is 5.27. The molecule has 0 bridgehead atoms. The molecule has 2 heterocycles. The van der Waals surface area contributed by atoms with E-state index in [2.05, 4.69) is 10.4 Å². The molecule has 32 heavy (non-hydrogen) atoms. The number of aromatic nitrogens is 2. The normalized spacial score (nSPS) is 12.0. The van der Waals surface area contributed by atoms with Crippen LogP contribution in [0.3, 0.4) is 0 Å². The van der Waals surface area contributed by atoms with E-state index in [0.717, 1.165) is 16.5 Å². The van der Waals surface area contributed by atoms with E-state index in [1.54, 1.807) is 39.5 Å². The van der Waals surface area contributed by atoms with E-state index >= 15 is 0 Å². The molecule has 4 rings (SSSR count). The van der Waals surface area contributed by atoms with Crippen LogP contribution in [0.25, 0.3) is 22.2 Å². The zero-order valence-electron chi connectivity index (χ0n) is 18.2. The lowest BCUT2D eigenvalue weighted by molar-refractivity contribution is 0.0927. The number of benzene rings is 2. The van der Waals surface area contributed by atoms with Crippen LogP contribution < -0.4 is 14.8 Å². The Morgan fingerprint density at radius 3 is 2.72 bits per heavy atom. The first-order chi connectivity index (χ1) is 15.5. The zero-order chi connectivity index (χ0) is 22.7. The Hall–Kier alpha value is -3.78. The summed E-state index contributed by atoms with van der Waals surface area (Å²) >= 11 is 0. The minimum absolute atomic E-state index is 0.278. The smallest absolute Gasteiger partial charge is 0.269 e. The number of carbonyl (C=O) groups is 1. The molecule has 8 heteroatoms. The number of hydrogen-bond acceptors (Lipinski definition) is 6. The Balaban J connectivity index is 1.42. The number of aliphatic hydroxyl groups is 1. The first kappa shape index (κ1) is 21.5. The SMILES string of the molecule is COc1ccc(OC)c(-c2cc(C(=O)NCC[C@@H](O)c3cc4ccccc4o3)n(C)n2)c1. The van der Waals surface area contributed by atoms with Gasteiger partial charge in [0, 0.05) is 24.5 Å². The van der Waals surface area contributed by atoms with Crippen molar-refractivity contribution in [1.29, 1.82) is 0 Å². The molecule has 0 fully saturated rings. The molecule has 2 aromatic carbocycles. The Morgan fingerprint density at radius 1 is 1.16 bits per heavy atom. The highest BCUT2D eigenvalue weighted by molar-refractivity contribution is 5.94. The van der Waals surface area contributed by atoms with Crippen LogP contribution >= 0.6 is 0 Å². The molecular weight excluding hydrogens is 410 g/mol. The van der Waals surface area contributed by atoms with Crippen LogP contribution in [0.5, 0.6) is 11.5 Å². The Labute approximate surface area is 185 Å². The van der Waals surface area contributed by atoms with Crippen molar-refractivity contribution in [2.45, 2.75) is 12.5 Å². The van der Waals surface area contributed by atoms with E-state index in [0.29, 0.717) is 35.1 Å². The van der Waals surface area contributed by atoms with Gasteiger partial charge in [-0.05, 0) is 42.8 Å². The van der Waals surface area contributed by atoms with Crippen molar-refractivity contribution in [3.8, 4) is 22.8 Å². The molecule has 4 aromatic rings. The number of para-hydroxylation sites is 1. The fourth-order valence-electron chi connectivity index (χ4n) is 3.55. The number of furan rings is 1. The van der Waals surface area contributed by atoms with E-state index in [1.807, 2.05) is 36.4 Å². The molecule has 0 saturated heterocycles. The van der Waals surface area contributed by atoms with Gasteiger partial charge in [0.05, 0.1) is 19.9 Å². The number of hydrogen-bond donors (Lipinski definition) is 2. The number of carbonyl (C=O) groups excluding carboxylic acids is 1. The summed E-state index contributed by atoms with van der Waals surface area (Å²) in [6.45, 7) is 0.278. The number of nitrogens with one attached hydrogen (secondary N) is 1. The molecule has 8 nitrogen and oxygen atoms in total. The number of fused-ring (bicyclic) bond motifs is 1. The predicted molar refractivity (Wildman–Crippen MR) is 120 cm³/mol. The second-order valence-corrected chi connectivity index (χ2v) is 7.35. The summed E-state index contributed by atoms with van der Waals surface area (Å²) in [7, 11) is 4.87. The maximum absolute atomic E-state index is 12.7. The Bertz CT molecular complexity index is 1210. The van der Waals surface area contributed by atoms with Gasteiger partial charge in [-0.15, -0.1) is 0 Å². The number of aliphatic hydroxyl groups excluding tert-OH is 1. The summed E-state index contributed by atoms with van der Waals surface area (Å²) in [4.78, 5) is 12.7. The van der Waals surface area contributed by atoms with Crippen molar-refractivity contribution in [2.24, 2.45) is 7.05 Å². The molecule has 2 N–H and O–H groups in total. The maximum atomic E-state index is 12.7. The Kier molecular flexibility index (Phi) is 6.13. The molecule has 0 aliphatic heterocycles. The van der Waals surface area contributed by atoms with Gasteiger partial charge in [0.15, 0.2) is 0 Å². The standard InChI is InChI=1S/C24H25N3O5/c1-27-19(14-18(26-27)17-13-16(30-2)8-9-22(17)31-3)24(29)25-11-10-20(28)23-12-15-6-4-5-7-21(15)32-23/h4-9,12-14,20,28H,10-11H2,1-3H3,(H,25,29)/t20-/m1/s1. The van der Waals surface area contributed by atoms with Crippen molar-refractivity contribution < 1.29 is 23.8 Å². The van der Waals surface area contributed by atoms with Crippen LogP contribution in [0, 0.1) is 0 Å². The fourth-order valence-corrected chi connectivity index (χ4v) is 3.55. The minimum atomic E-state index is -0.814. The van der Waals surface area contributed by atoms with Crippen molar-refractivity contribution in [2.75, 3.05) is 20.8 Å². The third-order valence-corrected chi connectivity index (χ3v) is 5.27. The summed E-state index contributed by atoms with van der Waals surface area (Å²) in [5.41, 5.74) is 2.43. The molecule has 2 aromatic heterocycles. The average molecular weight is 435 g/mol. The quantitative estimate of drug-likeness (QED) is 0.438. The van der Waals surface area contributed by atoms with Gasteiger partial charge in [-0.1, -0.05) is 18.2 Å². The van der Waals surface area contributed by atoms with Gasteiger partial charge in [0.25, 0.3) is 5.91 Å². The number of aryl methyl sites for hydroxylation is 1. The van der Waals surface area contributed by atoms with Crippen LogP contribution in [0.4, 0.5) is 0 Å². The van der Waals surface area contributed by atoms with Crippen LogP contribution in [-0.4, -0.2) is 41.6 Å². The number of nitrogens with zero attached hydrogens (tertiary/aromatic N) is 2. The second-order valence-electron chi connectivity index (χ2n) is 7.35. The van der Waals surface area contributed by atoms with Gasteiger partial charge in [0.2, 0.25) is 0 Å². The lowest BCUT2D eigenvalue weighted by Crippen LogP contribution is -2.27. The van der Waals surface area contributed by atoms with Gasteiger partial charge in [-0.2, -0.15) is 5.10 Å². The van der Waals surface area contributed by atoms with Crippen LogP contribution in [0.1, 0.15) is 28.8 Å². The zero-order valence-corrected chi connectivity index (χ0v) is 18.2. The summed E-state index contributed by atoms with van der Waals surface area (Å²) in [5, 5.41) is 18.7. The topological polar surface area (TPSA) is 98.8 Å². The molecule has 0 unspecified atom stereocenters. The summed E-state index contributed by atoms with van der Waals surface area (Å²) in [6.07, 6.45) is -0.495. The first-order valence-electron chi connectivity index (χ1n) is 10.2. The van der Waals surface area contributed by atoms with Crippen LogP contribution in [0.15, 0.2) is 59.0 Å². The van der Waals surface area contributed by atoms with Gasteiger partial charge in [0.1, 0.15) is 34.6 Å². The largest absolute Gasteiger partial charge is 0.497 e. The second kappa shape index (κ2) is 9.15. The van der Waals surface area contributed by atoms with Gasteiger partial charge in [-0.25, -0.2) is 0 Å². The molecule has 0 aliphatic rings. The highest BCUT2D eigenvalue weighted by Gasteiger charge is 2.18. The van der Waals surface area contributed by atoms with Crippen molar-refractivity contribution >= 4 is 16.9 Å². The number of methoxy groups -OCH3 is 2. The molecule has 1 amide bonds. The Morgan fingerprint density at radius 2 is 1.97 bits per heavy atom. The van der Waals surface area contributed by atoms with E-state index in [1.165, 1.54) is 4.68 Å². The minimum Gasteiger partial charge on any atom is -0.497 e. The molecule has 166 valence electrons. The lowest BCUT2D eigenvalue weighted by Gasteiger charge is -2.09. The highest BCUT2D eigenvalue weighted by Crippen LogP contribution is 2.33. The number of amides is 1. The summed E-state index contributed by atoms with van der Waals surface area (Å²) in [6, 6.07) is 16.5. The molecule has 1 atom stereocenters. The van der Waals surface area contributed by atoms with E-state index in [9.17, 15) is 9.90 Å². The first-order valence-corrected chi connectivity index (χ1v) is 10.2. The molecule has 0 aliphatic carbocycles. The van der Waals surface area contributed by atoms with E-state index in [4.69, 9.17) is 13.9 Å². The van der Waals surface area contributed by atoms with E-state index < -0.39 is 6.10 Å². The van der Waals surface area contributed by atoms with Crippen molar-refractivity contribution in [3.05, 3.63) is 66.1 Å². The van der Waals surface area contributed by atoms with Crippen molar-refractivity contribution in [3.63, 3.8) is 0 Å². The van der Waals surface area contributed by atoms with E-state index in [-0.39, 0.29) is 12.5 Å². The monoisotopic (exact) mass is 435 g/mol. The van der Waals surface area contributed by atoms with Gasteiger partial charge < -0.3 is 24.3 Å². The lowest BCUT2D eigenvalue weighted by atomic mass is 10.1. The molecule has 0 saturated carbocycles. The van der Waals surface area contributed by atoms with Crippen LogP contribution in [0.2, 0.25) is 0 Å². The fraction of sp³-hybridized carbons (Fsp3) is 0.250. The summed E-state index contributed by atoms with van der Waals surface area (Å²) in [5.74, 6) is 1.49. The maximum Gasteiger partial charge on any atom is 0.269 e. The number of ether oxygens (including phenoxy) is 2. The molecule has 0 radical (unpaired) electrons. The van der Waals surface area contributed by atoms with Gasteiger partial charge in [-0.3, -0.25) is 9.48 Å². The molecular formula is C24H25N3O5. The third kappa shape index (κ3) is 4.31. The average Bonchev–Trinajstić information content (AvgIpc) is 3.42. The van der Waals surface area contributed by atoms with Gasteiger partial charge >= 0.3 is 0 Å². The highest BCUT2D eigenvalue weighted by atomic mass is 16.5. The van der Waals surface area contributed by atoms with Crippen LogP contribution in [-0.2, 0) is 7.05 Å². The molecule has 0 spiro atoms. The van der Waals surface area contributed by atoms with Crippen molar-refractivity contribution in [1.82, 2.24) is 15.1 Å². The summed E-state index contributed by atoms with van der Waals surface area (Å²) < 4.78 is 17.9. The predicted octanol–water partition coefficient (Wildman–Crippen LogP) is 3.70.